The van der Waals surface area contributed by atoms with Crippen molar-refractivity contribution in [2.45, 2.75) is 25.3 Å². The molecule has 0 aliphatic heterocycles. The predicted octanol–water partition coefficient (Wildman–Crippen LogP) is -0.150. The molecule has 1 rings (SSSR count). The molecule has 1 aromatic carbocycles. The fraction of sp³-hybridized carbons (Fsp3) is 0.533. The van der Waals surface area contributed by atoms with E-state index in [9.17, 15) is 20.1 Å². The maximum atomic E-state index is 11.9. The summed E-state index contributed by atoms with van der Waals surface area (Å²) < 4.78 is 5.48. The van der Waals surface area contributed by atoms with E-state index in [1.165, 1.54) is 0 Å². The second-order valence-electron chi connectivity index (χ2n) is 4.84. The van der Waals surface area contributed by atoms with E-state index in [0.717, 1.165) is 11.3 Å². The zero-order valence-corrected chi connectivity index (χ0v) is 12.2. The molecule has 0 bridgehead atoms. The highest BCUT2D eigenvalue weighted by atomic mass is 16.5. The van der Waals surface area contributed by atoms with Gasteiger partial charge < -0.3 is 25.4 Å². The van der Waals surface area contributed by atoms with Crippen LogP contribution in [0.4, 0.5) is 0 Å². The Morgan fingerprint density at radius 1 is 1.19 bits per heavy atom. The number of rotatable bonds is 9. The maximum absolute atomic E-state index is 11.9. The van der Waals surface area contributed by atoms with E-state index in [2.05, 4.69) is 5.32 Å². The van der Waals surface area contributed by atoms with Crippen molar-refractivity contribution < 1.29 is 24.9 Å². The van der Waals surface area contributed by atoms with E-state index in [1.807, 2.05) is 31.2 Å². The molecule has 1 aromatic rings. The maximum Gasteiger partial charge on any atom is 0.220 e. The Morgan fingerprint density at radius 3 is 2.38 bits per heavy atom. The quantitative estimate of drug-likeness (QED) is 0.508. The van der Waals surface area contributed by atoms with Crippen LogP contribution >= 0.6 is 0 Å². The highest BCUT2D eigenvalue weighted by molar-refractivity contribution is 5.77. The van der Waals surface area contributed by atoms with Gasteiger partial charge in [-0.25, -0.2) is 0 Å². The number of amides is 1. The molecule has 0 aliphatic rings. The number of benzene rings is 1. The van der Waals surface area contributed by atoms with Gasteiger partial charge in [-0.05, 0) is 25.0 Å². The number of hydrogen-bond acceptors (Lipinski definition) is 5. The highest BCUT2D eigenvalue weighted by Crippen LogP contribution is 2.19. The first kappa shape index (κ1) is 17.4. The Bertz CT molecular complexity index is 437. The Hall–Kier alpha value is -1.63. The topological polar surface area (TPSA) is 99.0 Å². The molecule has 0 aromatic heterocycles. The summed E-state index contributed by atoms with van der Waals surface area (Å²) in [7, 11) is 0. The van der Waals surface area contributed by atoms with E-state index in [4.69, 9.17) is 4.74 Å². The third-order valence-electron chi connectivity index (χ3n) is 3.21. The van der Waals surface area contributed by atoms with Gasteiger partial charge in [-0.15, -0.1) is 0 Å². The second-order valence-corrected chi connectivity index (χ2v) is 4.84. The number of para-hydroxylation sites is 1. The van der Waals surface area contributed by atoms with Crippen LogP contribution in [0.2, 0.25) is 0 Å². The lowest BCUT2D eigenvalue weighted by Crippen LogP contribution is -2.57. The van der Waals surface area contributed by atoms with Gasteiger partial charge in [-0.1, -0.05) is 18.2 Å². The summed E-state index contributed by atoms with van der Waals surface area (Å²) >= 11 is 0. The van der Waals surface area contributed by atoms with Crippen LogP contribution in [0.1, 0.15) is 18.9 Å². The number of aliphatic hydroxyl groups is 3. The molecule has 0 saturated heterocycles. The SMILES string of the molecule is CCOc1ccccc1CCC(=O)NC(CO)(CO)CO. The lowest BCUT2D eigenvalue weighted by molar-refractivity contribution is -0.125. The van der Waals surface area contributed by atoms with Crippen LogP contribution in [0.3, 0.4) is 0 Å². The Balaban J connectivity index is 2.61. The number of aryl methyl sites for hydroxylation is 1. The lowest BCUT2D eigenvalue weighted by atomic mass is 10.0. The number of nitrogens with one attached hydrogen (secondary N) is 1. The van der Waals surface area contributed by atoms with Crippen LogP contribution < -0.4 is 10.1 Å². The summed E-state index contributed by atoms with van der Waals surface area (Å²) in [4.78, 5) is 11.9. The van der Waals surface area contributed by atoms with Crippen molar-refractivity contribution in [2.24, 2.45) is 0 Å². The van der Waals surface area contributed by atoms with Crippen LogP contribution in [0, 0.1) is 0 Å². The van der Waals surface area contributed by atoms with E-state index >= 15 is 0 Å². The van der Waals surface area contributed by atoms with Crippen molar-refractivity contribution in [1.82, 2.24) is 5.32 Å². The third kappa shape index (κ3) is 5.00. The molecular weight excluding hydrogens is 274 g/mol. The average molecular weight is 297 g/mol. The van der Waals surface area contributed by atoms with Gasteiger partial charge in [-0.3, -0.25) is 4.79 Å². The van der Waals surface area contributed by atoms with Gasteiger partial charge in [0.25, 0.3) is 0 Å². The first-order valence-corrected chi connectivity index (χ1v) is 6.95. The van der Waals surface area contributed by atoms with Gasteiger partial charge >= 0.3 is 0 Å². The summed E-state index contributed by atoms with van der Waals surface area (Å²) in [6, 6.07) is 7.46. The van der Waals surface area contributed by atoms with Crippen molar-refractivity contribution >= 4 is 5.91 Å². The number of carbonyl (C=O) groups excluding carboxylic acids is 1. The first-order valence-electron chi connectivity index (χ1n) is 6.95. The number of ether oxygens (including phenoxy) is 1. The van der Waals surface area contributed by atoms with E-state index in [1.54, 1.807) is 0 Å². The van der Waals surface area contributed by atoms with Crippen LogP contribution in [0.5, 0.6) is 5.75 Å². The Morgan fingerprint density at radius 2 is 1.81 bits per heavy atom. The monoisotopic (exact) mass is 297 g/mol. The molecular formula is C15H23NO5. The minimum absolute atomic E-state index is 0.172. The molecule has 0 unspecified atom stereocenters. The second kappa shape index (κ2) is 8.61. The highest BCUT2D eigenvalue weighted by Gasteiger charge is 2.29. The van der Waals surface area contributed by atoms with E-state index in [0.29, 0.717) is 13.0 Å². The van der Waals surface area contributed by atoms with Crippen molar-refractivity contribution in [3.8, 4) is 5.75 Å². The van der Waals surface area contributed by atoms with Gasteiger partial charge in [-0.2, -0.15) is 0 Å². The average Bonchev–Trinajstić information content (AvgIpc) is 2.52. The molecule has 0 spiro atoms. The van der Waals surface area contributed by atoms with Crippen LogP contribution in [-0.2, 0) is 11.2 Å². The number of aliphatic hydroxyl groups excluding tert-OH is 3. The number of carbonyl (C=O) groups is 1. The molecule has 0 fully saturated rings. The fourth-order valence-corrected chi connectivity index (χ4v) is 1.88. The molecule has 1 amide bonds. The summed E-state index contributed by atoms with van der Waals surface area (Å²) in [5, 5.41) is 30.0. The minimum Gasteiger partial charge on any atom is -0.494 e. The molecule has 0 radical (unpaired) electrons. The molecule has 0 atom stereocenters. The van der Waals surface area contributed by atoms with Gasteiger partial charge in [0.05, 0.1) is 26.4 Å². The smallest absolute Gasteiger partial charge is 0.220 e. The van der Waals surface area contributed by atoms with Gasteiger partial charge in [0, 0.05) is 6.42 Å². The summed E-state index contributed by atoms with van der Waals surface area (Å²) in [5.74, 6) is 0.393. The van der Waals surface area contributed by atoms with Gasteiger partial charge in [0.15, 0.2) is 0 Å². The molecule has 0 saturated carbocycles. The summed E-state index contributed by atoms with van der Waals surface area (Å²) in [6.07, 6.45) is 0.645. The standard InChI is InChI=1S/C15H23NO5/c1-2-21-13-6-4-3-5-12(13)7-8-14(20)16-15(9-17,10-18)11-19/h3-6,17-19H,2,7-11H2,1H3,(H,16,20). The normalized spacial score (nSPS) is 11.2. The van der Waals surface area contributed by atoms with Crippen molar-refractivity contribution in [3.05, 3.63) is 29.8 Å². The zero-order chi connectivity index (χ0) is 15.7. The van der Waals surface area contributed by atoms with Crippen LogP contribution in [-0.4, -0.2) is 53.2 Å². The van der Waals surface area contributed by atoms with Crippen molar-refractivity contribution in [3.63, 3.8) is 0 Å². The molecule has 21 heavy (non-hydrogen) atoms. The molecule has 118 valence electrons. The van der Waals surface area contributed by atoms with Crippen molar-refractivity contribution in [2.75, 3.05) is 26.4 Å². The Kier molecular flexibility index (Phi) is 7.14. The van der Waals surface area contributed by atoms with Gasteiger partial charge in [0.2, 0.25) is 5.91 Å². The minimum atomic E-state index is -1.38. The lowest BCUT2D eigenvalue weighted by Gasteiger charge is -2.28. The summed E-state index contributed by atoms with van der Waals surface area (Å²) in [5.41, 5.74) is -0.464. The summed E-state index contributed by atoms with van der Waals surface area (Å²) in [6.45, 7) is 0.858. The molecule has 4 N–H and O–H groups in total. The first-order chi connectivity index (χ1) is 10.1. The predicted molar refractivity (Wildman–Crippen MR) is 78.1 cm³/mol. The van der Waals surface area contributed by atoms with E-state index in [-0.39, 0.29) is 12.3 Å². The third-order valence-corrected chi connectivity index (χ3v) is 3.21. The van der Waals surface area contributed by atoms with E-state index < -0.39 is 25.4 Å². The number of hydrogen-bond donors (Lipinski definition) is 4. The van der Waals surface area contributed by atoms with Gasteiger partial charge in [0.1, 0.15) is 11.3 Å². The molecule has 0 aliphatic carbocycles. The molecule has 6 nitrogen and oxygen atoms in total. The Labute approximate surface area is 124 Å². The fourth-order valence-electron chi connectivity index (χ4n) is 1.88. The largest absolute Gasteiger partial charge is 0.494 e. The molecule has 6 heteroatoms. The molecule has 0 heterocycles. The zero-order valence-electron chi connectivity index (χ0n) is 12.2. The van der Waals surface area contributed by atoms with Crippen LogP contribution in [0.15, 0.2) is 24.3 Å². The van der Waals surface area contributed by atoms with Crippen molar-refractivity contribution in [1.29, 1.82) is 0 Å². The van der Waals surface area contributed by atoms with Crippen LogP contribution in [0.25, 0.3) is 0 Å².